The Kier molecular flexibility index (Phi) is 3.57. The van der Waals surface area contributed by atoms with Crippen molar-refractivity contribution in [3.63, 3.8) is 0 Å². The van der Waals surface area contributed by atoms with Crippen molar-refractivity contribution >= 4 is 21.9 Å². The molecule has 0 spiro atoms. The second-order valence-electron chi connectivity index (χ2n) is 2.69. The predicted octanol–water partition coefficient (Wildman–Crippen LogP) is 2.11. The maximum Gasteiger partial charge on any atom is 0.309 e. The first-order valence-corrected chi connectivity index (χ1v) is 4.59. The Morgan fingerprint density at radius 3 is 2.67 bits per heavy atom. The van der Waals surface area contributed by atoms with E-state index in [2.05, 4.69) is 20.9 Å². The average molecular weight is 282 g/mol. The number of carboxylic acid groups (broad SMARTS) is 1. The standard InChI is InChI=1S/C8H6BrF2NO3/c9-7-4(13)2-12-3(1-5(14)15)6(7)8(10)11/h2,8,13H,1H2,(H,14,15). The van der Waals surface area contributed by atoms with Crippen LogP contribution in [0.2, 0.25) is 0 Å². The molecule has 2 N–H and O–H groups in total. The van der Waals surface area contributed by atoms with Crippen LogP contribution in [0.5, 0.6) is 5.75 Å². The van der Waals surface area contributed by atoms with E-state index in [1.54, 1.807) is 0 Å². The molecule has 0 aromatic carbocycles. The summed E-state index contributed by atoms with van der Waals surface area (Å²) in [6.07, 6.45) is -2.58. The van der Waals surface area contributed by atoms with Crippen LogP contribution >= 0.6 is 15.9 Å². The summed E-state index contributed by atoms with van der Waals surface area (Å²) in [6.45, 7) is 0. The Morgan fingerprint density at radius 1 is 1.60 bits per heavy atom. The summed E-state index contributed by atoms with van der Waals surface area (Å²) in [7, 11) is 0. The molecule has 0 radical (unpaired) electrons. The van der Waals surface area contributed by atoms with Gasteiger partial charge in [-0.1, -0.05) is 0 Å². The van der Waals surface area contributed by atoms with Gasteiger partial charge in [-0.05, 0) is 15.9 Å². The summed E-state index contributed by atoms with van der Waals surface area (Å²) >= 11 is 2.76. The van der Waals surface area contributed by atoms with Crippen molar-refractivity contribution in [1.82, 2.24) is 4.98 Å². The summed E-state index contributed by atoms with van der Waals surface area (Å²) in [5, 5.41) is 17.6. The van der Waals surface area contributed by atoms with Gasteiger partial charge in [0.2, 0.25) is 0 Å². The highest BCUT2D eigenvalue weighted by Gasteiger charge is 2.22. The molecule has 0 saturated heterocycles. The number of nitrogens with zero attached hydrogens (tertiary/aromatic N) is 1. The van der Waals surface area contributed by atoms with E-state index in [1.807, 2.05) is 0 Å². The molecule has 1 aromatic rings. The molecule has 1 aromatic heterocycles. The summed E-state index contributed by atoms with van der Waals surface area (Å²) < 4.78 is 24.9. The van der Waals surface area contributed by atoms with Crippen LogP contribution in [0.1, 0.15) is 17.7 Å². The Bertz CT molecular complexity index is 398. The van der Waals surface area contributed by atoms with Gasteiger partial charge in [0.15, 0.2) is 0 Å². The molecule has 0 aliphatic heterocycles. The first-order valence-electron chi connectivity index (χ1n) is 3.79. The third kappa shape index (κ3) is 2.62. The van der Waals surface area contributed by atoms with E-state index in [1.165, 1.54) is 0 Å². The first-order chi connectivity index (χ1) is 6.93. The smallest absolute Gasteiger partial charge is 0.309 e. The molecule has 0 saturated carbocycles. The van der Waals surface area contributed by atoms with E-state index < -0.39 is 30.1 Å². The van der Waals surface area contributed by atoms with Crippen LogP contribution in [0.25, 0.3) is 0 Å². The molecule has 4 nitrogen and oxygen atoms in total. The monoisotopic (exact) mass is 281 g/mol. The number of rotatable bonds is 3. The number of pyridine rings is 1. The number of hydrogen-bond acceptors (Lipinski definition) is 3. The number of hydrogen-bond donors (Lipinski definition) is 2. The number of aromatic hydroxyl groups is 1. The van der Waals surface area contributed by atoms with Gasteiger partial charge in [0.25, 0.3) is 6.43 Å². The van der Waals surface area contributed by atoms with Crippen molar-refractivity contribution in [1.29, 1.82) is 0 Å². The van der Waals surface area contributed by atoms with E-state index in [0.29, 0.717) is 0 Å². The quantitative estimate of drug-likeness (QED) is 0.890. The lowest BCUT2D eigenvalue weighted by Crippen LogP contribution is -2.07. The van der Waals surface area contributed by atoms with Crippen molar-refractivity contribution in [2.45, 2.75) is 12.8 Å². The number of carboxylic acids is 1. The van der Waals surface area contributed by atoms with Gasteiger partial charge >= 0.3 is 5.97 Å². The van der Waals surface area contributed by atoms with Gasteiger partial charge < -0.3 is 10.2 Å². The molecule has 0 aliphatic rings. The molecule has 0 amide bonds. The van der Waals surface area contributed by atoms with E-state index in [0.717, 1.165) is 6.20 Å². The lowest BCUT2D eigenvalue weighted by molar-refractivity contribution is -0.136. The fourth-order valence-electron chi connectivity index (χ4n) is 1.04. The highest BCUT2D eigenvalue weighted by atomic mass is 79.9. The zero-order valence-electron chi connectivity index (χ0n) is 7.25. The number of alkyl halides is 2. The molecule has 1 rings (SSSR count). The summed E-state index contributed by atoms with van der Waals surface area (Å²) in [5.74, 6) is -1.71. The Labute approximate surface area is 91.7 Å². The zero-order valence-corrected chi connectivity index (χ0v) is 8.83. The van der Waals surface area contributed by atoms with Crippen molar-refractivity contribution in [2.75, 3.05) is 0 Å². The molecule has 15 heavy (non-hydrogen) atoms. The molecule has 0 fully saturated rings. The maximum absolute atomic E-state index is 12.5. The molecular weight excluding hydrogens is 276 g/mol. The minimum Gasteiger partial charge on any atom is -0.505 e. The molecule has 0 bridgehead atoms. The molecule has 82 valence electrons. The highest BCUT2D eigenvalue weighted by Crippen LogP contribution is 2.35. The fourth-order valence-corrected chi connectivity index (χ4v) is 1.54. The minimum atomic E-state index is -2.90. The largest absolute Gasteiger partial charge is 0.505 e. The lowest BCUT2D eigenvalue weighted by atomic mass is 10.1. The van der Waals surface area contributed by atoms with Crippen LogP contribution in [0.3, 0.4) is 0 Å². The van der Waals surface area contributed by atoms with Crippen LogP contribution in [-0.4, -0.2) is 21.2 Å². The van der Waals surface area contributed by atoms with Gasteiger partial charge in [-0.15, -0.1) is 0 Å². The highest BCUT2D eigenvalue weighted by molar-refractivity contribution is 9.10. The third-order valence-corrected chi connectivity index (χ3v) is 2.49. The molecular formula is C8H6BrF2NO3. The van der Waals surface area contributed by atoms with E-state index in [9.17, 15) is 13.6 Å². The van der Waals surface area contributed by atoms with E-state index in [-0.39, 0.29) is 10.2 Å². The average Bonchev–Trinajstić information content (AvgIpc) is 2.10. The van der Waals surface area contributed by atoms with Crippen molar-refractivity contribution in [3.05, 3.63) is 21.9 Å². The number of aromatic nitrogens is 1. The molecule has 0 aliphatic carbocycles. The minimum absolute atomic E-state index is 0.219. The Hall–Kier alpha value is -1.24. The van der Waals surface area contributed by atoms with Gasteiger partial charge in [-0.3, -0.25) is 9.78 Å². The lowest BCUT2D eigenvalue weighted by Gasteiger charge is -2.09. The van der Waals surface area contributed by atoms with Gasteiger partial charge in [0.1, 0.15) is 5.75 Å². The van der Waals surface area contributed by atoms with E-state index in [4.69, 9.17) is 10.2 Å². The van der Waals surface area contributed by atoms with Gasteiger partial charge in [0, 0.05) is 0 Å². The Balaban J connectivity index is 3.26. The van der Waals surface area contributed by atoms with Crippen LogP contribution < -0.4 is 0 Å². The van der Waals surface area contributed by atoms with Gasteiger partial charge in [0.05, 0.1) is 28.3 Å². The third-order valence-electron chi connectivity index (χ3n) is 1.65. The van der Waals surface area contributed by atoms with Crippen LogP contribution in [0, 0.1) is 0 Å². The second-order valence-corrected chi connectivity index (χ2v) is 3.48. The van der Waals surface area contributed by atoms with Crippen molar-refractivity contribution < 1.29 is 23.8 Å². The van der Waals surface area contributed by atoms with Gasteiger partial charge in [-0.2, -0.15) is 0 Å². The second kappa shape index (κ2) is 4.52. The fraction of sp³-hybridized carbons (Fsp3) is 0.250. The molecule has 1 heterocycles. The van der Waals surface area contributed by atoms with Crippen LogP contribution in [-0.2, 0) is 11.2 Å². The van der Waals surface area contributed by atoms with Crippen LogP contribution in [0.15, 0.2) is 10.7 Å². The van der Waals surface area contributed by atoms with Crippen LogP contribution in [0.4, 0.5) is 8.78 Å². The molecule has 7 heteroatoms. The SMILES string of the molecule is O=C(O)Cc1ncc(O)c(Br)c1C(F)F. The first kappa shape index (κ1) is 11.8. The summed E-state index contributed by atoms with van der Waals surface area (Å²) in [6, 6.07) is 0. The molecule has 0 atom stereocenters. The summed E-state index contributed by atoms with van der Waals surface area (Å²) in [4.78, 5) is 13.8. The number of aliphatic carboxylic acids is 1. The van der Waals surface area contributed by atoms with Crippen molar-refractivity contribution in [3.8, 4) is 5.75 Å². The van der Waals surface area contributed by atoms with Gasteiger partial charge in [-0.25, -0.2) is 8.78 Å². The summed E-state index contributed by atoms with van der Waals surface area (Å²) in [5.41, 5.74) is -0.848. The Morgan fingerprint density at radius 2 is 2.20 bits per heavy atom. The number of halogens is 3. The predicted molar refractivity (Wildman–Crippen MR) is 49.9 cm³/mol. The van der Waals surface area contributed by atoms with E-state index >= 15 is 0 Å². The number of carbonyl (C=O) groups is 1. The topological polar surface area (TPSA) is 70.4 Å². The van der Waals surface area contributed by atoms with Crippen molar-refractivity contribution in [2.24, 2.45) is 0 Å². The normalized spacial score (nSPS) is 10.7. The maximum atomic E-state index is 12.5. The zero-order chi connectivity index (χ0) is 11.6. The molecule has 0 unspecified atom stereocenters.